The maximum atomic E-state index is 11.9. The molecule has 4 nitrogen and oxygen atoms in total. The number of anilines is 1. The van der Waals surface area contributed by atoms with E-state index in [0.717, 1.165) is 18.7 Å². The van der Waals surface area contributed by atoms with Gasteiger partial charge in [-0.15, -0.1) is 0 Å². The highest BCUT2D eigenvalue weighted by molar-refractivity contribution is 7.92. The summed E-state index contributed by atoms with van der Waals surface area (Å²) in [6.07, 6.45) is 0.618. The Morgan fingerprint density at radius 1 is 1.26 bits per heavy atom. The van der Waals surface area contributed by atoms with Crippen molar-refractivity contribution in [2.45, 2.75) is 33.1 Å². The minimum absolute atomic E-state index is 0.145. The molecule has 2 N–H and O–H groups in total. The molecule has 0 atom stereocenters. The summed E-state index contributed by atoms with van der Waals surface area (Å²) in [5.74, 6) is 0.532. The average molecular weight is 284 g/mol. The third-order valence-corrected chi connectivity index (χ3v) is 4.22. The van der Waals surface area contributed by atoms with E-state index in [9.17, 15) is 8.42 Å². The molecule has 0 aliphatic rings. The van der Waals surface area contributed by atoms with E-state index in [0.29, 0.717) is 18.0 Å². The van der Waals surface area contributed by atoms with Crippen LogP contribution in [0.25, 0.3) is 0 Å². The van der Waals surface area contributed by atoms with Crippen molar-refractivity contribution < 1.29 is 8.42 Å². The zero-order valence-corrected chi connectivity index (χ0v) is 12.8. The fraction of sp³-hybridized carbons (Fsp3) is 0.571. The second-order valence-corrected chi connectivity index (χ2v) is 6.75. The van der Waals surface area contributed by atoms with Crippen LogP contribution in [0.2, 0.25) is 0 Å². The van der Waals surface area contributed by atoms with Crippen LogP contribution in [0.4, 0.5) is 5.69 Å². The van der Waals surface area contributed by atoms with E-state index >= 15 is 0 Å². The van der Waals surface area contributed by atoms with Crippen LogP contribution in [0.3, 0.4) is 0 Å². The lowest BCUT2D eigenvalue weighted by molar-refractivity contribution is 0.595. The lowest BCUT2D eigenvalue weighted by Crippen LogP contribution is -2.21. The third-order valence-electron chi connectivity index (χ3n) is 2.84. The van der Waals surface area contributed by atoms with Crippen molar-refractivity contribution in [2.24, 2.45) is 0 Å². The molecule has 19 heavy (non-hydrogen) atoms. The van der Waals surface area contributed by atoms with Crippen LogP contribution in [0, 0.1) is 0 Å². The van der Waals surface area contributed by atoms with Crippen molar-refractivity contribution in [3.63, 3.8) is 0 Å². The van der Waals surface area contributed by atoms with Gasteiger partial charge >= 0.3 is 0 Å². The fourth-order valence-corrected chi connectivity index (χ4v) is 2.87. The van der Waals surface area contributed by atoms with E-state index < -0.39 is 10.0 Å². The molecule has 1 rings (SSSR count). The molecular formula is C14H24N2O2S. The summed E-state index contributed by atoms with van der Waals surface area (Å²) >= 11 is 0. The Morgan fingerprint density at radius 2 is 2.00 bits per heavy atom. The second-order valence-electron chi connectivity index (χ2n) is 4.91. The lowest BCUT2D eigenvalue weighted by Gasteiger charge is -2.11. The molecule has 0 heterocycles. The smallest absolute Gasteiger partial charge is 0.232 e. The first-order valence-electron chi connectivity index (χ1n) is 6.76. The van der Waals surface area contributed by atoms with Crippen molar-refractivity contribution >= 4 is 15.7 Å². The Kier molecular flexibility index (Phi) is 6.31. The third kappa shape index (κ3) is 6.07. The first-order valence-corrected chi connectivity index (χ1v) is 8.41. The Hall–Kier alpha value is -1.07. The van der Waals surface area contributed by atoms with Crippen molar-refractivity contribution in [1.82, 2.24) is 5.32 Å². The maximum absolute atomic E-state index is 11.9. The Balaban J connectivity index is 2.60. The highest BCUT2D eigenvalue weighted by Gasteiger charge is 2.10. The number of rotatable bonds is 8. The van der Waals surface area contributed by atoms with Gasteiger partial charge in [0.1, 0.15) is 0 Å². The van der Waals surface area contributed by atoms with Crippen LogP contribution in [0.5, 0.6) is 0 Å². The Labute approximate surface area is 116 Å². The molecule has 0 saturated heterocycles. The van der Waals surface area contributed by atoms with Gasteiger partial charge in [0.05, 0.1) is 5.75 Å². The monoisotopic (exact) mass is 284 g/mol. The van der Waals surface area contributed by atoms with Gasteiger partial charge in [-0.1, -0.05) is 32.9 Å². The molecular weight excluding hydrogens is 260 g/mol. The molecule has 108 valence electrons. The number of hydrogen-bond acceptors (Lipinski definition) is 3. The highest BCUT2D eigenvalue weighted by Crippen LogP contribution is 2.19. The first-order chi connectivity index (χ1) is 8.94. The zero-order valence-electron chi connectivity index (χ0n) is 11.9. The van der Waals surface area contributed by atoms with Crippen molar-refractivity contribution in [1.29, 1.82) is 0 Å². The van der Waals surface area contributed by atoms with Crippen molar-refractivity contribution in [3.05, 3.63) is 29.8 Å². The Morgan fingerprint density at radius 3 is 2.63 bits per heavy atom. The van der Waals surface area contributed by atoms with Gasteiger partial charge in [0.25, 0.3) is 0 Å². The number of nitrogens with one attached hydrogen (secondary N) is 2. The van der Waals surface area contributed by atoms with Crippen LogP contribution in [0.1, 0.15) is 38.7 Å². The predicted molar refractivity (Wildman–Crippen MR) is 81.1 cm³/mol. The topological polar surface area (TPSA) is 58.2 Å². The molecule has 1 aromatic carbocycles. The average Bonchev–Trinajstić information content (AvgIpc) is 2.34. The summed E-state index contributed by atoms with van der Waals surface area (Å²) in [5, 5.41) is 3.12. The second kappa shape index (κ2) is 7.50. The number of benzene rings is 1. The molecule has 0 aromatic heterocycles. The van der Waals surface area contributed by atoms with Gasteiger partial charge in [-0.05, 0) is 43.1 Å². The predicted octanol–water partition coefficient (Wildman–Crippen LogP) is 2.55. The van der Waals surface area contributed by atoms with Gasteiger partial charge in [-0.3, -0.25) is 4.72 Å². The fourth-order valence-electron chi connectivity index (χ4n) is 1.76. The quantitative estimate of drug-likeness (QED) is 0.721. The molecule has 1 aromatic rings. The molecule has 5 heteroatoms. The van der Waals surface area contributed by atoms with Crippen LogP contribution >= 0.6 is 0 Å². The van der Waals surface area contributed by atoms with E-state index in [4.69, 9.17) is 0 Å². The van der Waals surface area contributed by atoms with Gasteiger partial charge in [0.15, 0.2) is 0 Å². The van der Waals surface area contributed by atoms with Gasteiger partial charge in [-0.2, -0.15) is 0 Å². The maximum Gasteiger partial charge on any atom is 0.232 e. The van der Waals surface area contributed by atoms with E-state index in [1.807, 2.05) is 25.1 Å². The minimum atomic E-state index is -3.25. The van der Waals surface area contributed by atoms with E-state index in [-0.39, 0.29) is 5.75 Å². The van der Waals surface area contributed by atoms with E-state index in [2.05, 4.69) is 23.9 Å². The van der Waals surface area contributed by atoms with E-state index in [1.165, 1.54) is 0 Å². The first kappa shape index (κ1) is 16.0. The van der Waals surface area contributed by atoms with Crippen LogP contribution in [-0.2, 0) is 10.0 Å². The van der Waals surface area contributed by atoms with E-state index in [1.54, 1.807) is 6.07 Å². The lowest BCUT2D eigenvalue weighted by atomic mass is 10.0. The summed E-state index contributed by atoms with van der Waals surface area (Å²) in [4.78, 5) is 0. The molecule has 0 unspecified atom stereocenters. The Bertz CT molecular complexity index is 484. The SMILES string of the molecule is CCNCCCS(=O)(=O)Nc1cccc(C(C)C)c1. The minimum Gasteiger partial charge on any atom is -0.317 e. The normalized spacial score (nSPS) is 11.8. The summed E-state index contributed by atoms with van der Waals surface area (Å²) in [7, 11) is -3.25. The summed E-state index contributed by atoms with van der Waals surface area (Å²) in [6, 6.07) is 7.57. The molecule has 0 spiro atoms. The molecule has 0 bridgehead atoms. The molecule has 0 aliphatic carbocycles. The summed E-state index contributed by atoms with van der Waals surface area (Å²) in [6.45, 7) is 7.77. The van der Waals surface area contributed by atoms with Gasteiger partial charge < -0.3 is 5.32 Å². The van der Waals surface area contributed by atoms with Gasteiger partial charge in [-0.25, -0.2) is 8.42 Å². The highest BCUT2D eigenvalue weighted by atomic mass is 32.2. The molecule has 0 amide bonds. The van der Waals surface area contributed by atoms with Crippen LogP contribution in [0.15, 0.2) is 24.3 Å². The number of hydrogen-bond donors (Lipinski definition) is 2. The largest absolute Gasteiger partial charge is 0.317 e. The van der Waals surface area contributed by atoms with Crippen LogP contribution < -0.4 is 10.0 Å². The molecule has 0 fully saturated rings. The van der Waals surface area contributed by atoms with Crippen LogP contribution in [-0.4, -0.2) is 27.3 Å². The standard InChI is InChI=1S/C14H24N2O2S/c1-4-15-9-6-10-19(17,18)16-14-8-5-7-13(11-14)12(2)3/h5,7-8,11-12,15-16H,4,6,9-10H2,1-3H3. The van der Waals surface area contributed by atoms with Crippen molar-refractivity contribution in [3.8, 4) is 0 Å². The summed E-state index contributed by atoms with van der Waals surface area (Å²) < 4.78 is 26.4. The molecule has 0 saturated carbocycles. The summed E-state index contributed by atoms with van der Waals surface area (Å²) in [5.41, 5.74) is 1.78. The van der Waals surface area contributed by atoms with Gasteiger partial charge in [0, 0.05) is 5.69 Å². The van der Waals surface area contributed by atoms with Gasteiger partial charge in [0.2, 0.25) is 10.0 Å². The number of sulfonamides is 1. The van der Waals surface area contributed by atoms with Crippen molar-refractivity contribution in [2.75, 3.05) is 23.6 Å². The molecule has 0 aliphatic heterocycles. The zero-order chi connectivity index (χ0) is 14.3. The molecule has 0 radical (unpaired) electrons.